The summed E-state index contributed by atoms with van der Waals surface area (Å²) in [6.07, 6.45) is 0. The Morgan fingerprint density at radius 1 is 1.42 bits per heavy atom. The predicted molar refractivity (Wildman–Crippen MR) is 82.7 cm³/mol. The summed E-state index contributed by atoms with van der Waals surface area (Å²) in [7, 11) is 1.64. The summed E-state index contributed by atoms with van der Waals surface area (Å²) < 4.78 is 5.93. The van der Waals surface area contributed by atoms with Crippen molar-refractivity contribution in [3.63, 3.8) is 0 Å². The fraction of sp³-hybridized carbons (Fsp3) is 0.462. The van der Waals surface area contributed by atoms with Crippen LogP contribution in [-0.4, -0.2) is 32.7 Å². The molecule has 1 aromatic rings. The van der Waals surface area contributed by atoms with E-state index < -0.39 is 0 Å². The lowest BCUT2D eigenvalue weighted by atomic mass is 10.1. The van der Waals surface area contributed by atoms with Crippen molar-refractivity contribution in [2.75, 3.05) is 26.8 Å². The third-order valence-electron chi connectivity index (χ3n) is 2.55. The second kappa shape index (κ2) is 10.2. The number of carbonyl (C=O) groups is 1. The first kappa shape index (κ1) is 18.4. The molecule has 6 heteroatoms. The van der Waals surface area contributed by atoms with E-state index in [1.807, 2.05) is 25.1 Å². The van der Waals surface area contributed by atoms with Crippen molar-refractivity contribution in [1.29, 1.82) is 0 Å². The Kier molecular flexibility index (Phi) is 9.87. The molecular weight excluding hydrogens is 332 g/mol. The van der Waals surface area contributed by atoms with Gasteiger partial charge in [0, 0.05) is 24.7 Å². The van der Waals surface area contributed by atoms with Crippen LogP contribution in [-0.2, 0) is 16.1 Å². The predicted octanol–water partition coefficient (Wildman–Crippen LogP) is 2.03. The lowest BCUT2D eigenvalue weighted by Gasteiger charge is -2.09. The van der Waals surface area contributed by atoms with Crippen molar-refractivity contribution >= 4 is 34.2 Å². The van der Waals surface area contributed by atoms with Gasteiger partial charge >= 0.3 is 0 Å². The van der Waals surface area contributed by atoms with Crippen LogP contribution >= 0.6 is 28.3 Å². The number of benzene rings is 1. The van der Waals surface area contributed by atoms with Gasteiger partial charge in [-0.2, -0.15) is 0 Å². The number of hydrogen-bond acceptors (Lipinski definition) is 3. The summed E-state index contributed by atoms with van der Waals surface area (Å²) >= 11 is 3.42. The van der Waals surface area contributed by atoms with Crippen LogP contribution in [0.15, 0.2) is 22.7 Å². The van der Waals surface area contributed by atoms with Gasteiger partial charge in [0.1, 0.15) is 0 Å². The van der Waals surface area contributed by atoms with Gasteiger partial charge in [0.05, 0.1) is 13.2 Å². The zero-order chi connectivity index (χ0) is 13.4. The maximum Gasteiger partial charge on any atom is 0.234 e. The summed E-state index contributed by atoms with van der Waals surface area (Å²) in [5, 5.41) is 5.88. The van der Waals surface area contributed by atoms with Gasteiger partial charge in [-0.3, -0.25) is 4.79 Å². The molecule has 4 nitrogen and oxygen atoms in total. The lowest BCUT2D eigenvalue weighted by Crippen LogP contribution is -2.34. The molecule has 0 saturated carbocycles. The molecule has 0 saturated heterocycles. The molecule has 0 heterocycles. The molecule has 0 unspecified atom stereocenters. The van der Waals surface area contributed by atoms with E-state index in [1.165, 1.54) is 0 Å². The Morgan fingerprint density at radius 2 is 2.16 bits per heavy atom. The van der Waals surface area contributed by atoms with Crippen molar-refractivity contribution in [2.45, 2.75) is 13.5 Å². The van der Waals surface area contributed by atoms with E-state index in [2.05, 4.69) is 26.6 Å². The van der Waals surface area contributed by atoms with Gasteiger partial charge in [-0.1, -0.05) is 22.0 Å². The van der Waals surface area contributed by atoms with Gasteiger partial charge < -0.3 is 15.4 Å². The van der Waals surface area contributed by atoms with Gasteiger partial charge in [-0.25, -0.2) is 0 Å². The molecule has 19 heavy (non-hydrogen) atoms. The Hall–Kier alpha value is -0.620. The molecule has 0 spiro atoms. The van der Waals surface area contributed by atoms with E-state index in [0.29, 0.717) is 26.2 Å². The van der Waals surface area contributed by atoms with Crippen LogP contribution in [0.1, 0.15) is 11.1 Å². The lowest BCUT2D eigenvalue weighted by molar-refractivity contribution is -0.120. The van der Waals surface area contributed by atoms with Gasteiger partial charge in [-0.15, -0.1) is 12.4 Å². The molecule has 1 rings (SSSR count). The normalized spacial score (nSPS) is 9.84. The molecule has 0 atom stereocenters. The van der Waals surface area contributed by atoms with Crippen molar-refractivity contribution < 1.29 is 9.53 Å². The van der Waals surface area contributed by atoms with Gasteiger partial charge in [-0.05, 0) is 30.2 Å². The quantitative estimate of drug-likeness (QED) is 0.739. The number of rotatable bonds is 7. The molecule has 0 aromatic heterocycles. The highest BCUT2D eigenvalue weighted by molar-refractivity contribution is 9.10. The van der Waals surface area contributed by atoms with Crippen LogP contribution in [0, 0.1) is 6.92 Å². The molecule has 2 N–H and O–H groups in total. The zero-order valence-electron chi connectivity index (χ0n) is 11.2. The van der Waals surface area contributed by atoms with Gasteiger partial charge in [0.25, 0.3) is 0 Å². The third kappa shape index (κ3) is 7.52. The Morgan fingerprint density at radius 3 is 2.79 bits per heavy atom. The molecule has 0 aliphatic rings. The Labute approximate surface area is 128 Å². The molecule has 0 radical (unpaired) electrons. The summed E-state index contributed by atoms with van der Waals surface area (Å²) in [6.45, 7) is 4.20. The van der Waals surface area contributed by atoms with E-state index in [0.717, 1.165) is 15.6 Å². The average Bonchev–Trinajstić information content (AvgIpc) is 2.33. The van der Waals surface area contributed by atoms with Crippen LogP contribution in [0.4, 0.5) is 0 Å². The summed E-state index contributed by atoms with van der Waals surface area (Å²) in [5.41, 5.74) is 2.29. The molecule has 0 fully saturated rings. The van der Waals surface area contributed by atoms with Crippen molar-refractivity contribution in [3.05, 3.63) is 33.8 Å². The maximum absolute atomic E-state index is 11.5. The van der Waals surface area contributed by atoms with Crippen LogP contribution in [0.25, 0.3) is 0 Å². The molecule has 0 bridgehead atoms. The highest BCUT2D eigenvalue weighted by atomic mass is 79.9. The second-order valence-corrected chi connectivity index (χ2v) is 4.93. The molecule has 108 valence electrons. The number of aryl methyl sites for hydroxylation is 1. The zero-order valence-corrected chi connectivity index (χ0v) is 13.6. The number of ether oxygens (including phenoxy) is 1. The fourth-order valence-electron chi connectivity index (χ4n) is 1.49. The first-order valence-corrected chi connectivity index (χ1v) is 6.64. The monoisotopic (exact) mass is 350 g/mol. The topological polar surface area (TPSA) is 50.4 Å². The standard InChI is InChI=1S/C13H19BrN2O2.ClH/c1-10-7-12(14)4-3-11(10)8-16-13(17)9-15-5-6-18-2;/h3-4,7,15H,5-6,8-9H2,1-2H3,(H,16,17);1H. The number of amides is 1. The first-order chi connectivity index (χ1) is 8.63. The number of methoxy groups -OCH3 is 1. The van der Waals surface area contributed by atoms with Crippen LogP contribution in [0.2, 0.25) is 0 Å². The minimum atomic E-state index is -0.00609. The molecule has 1 aromatic carbocycles. The molecular formula is C13H20BrClN2O2. The highest BCUT2D eigenvalue weighted by Gasteiger charge is 2.03. The number of hydrogen-bond donors (Lipinski definition) is 2. The minimum absolute atomic E-state index is 0. The average molecular weight is 352 g/mol. The van der Waals surface area contributed by atoms with Crippen molar-refractivity contribution in [3.8, 4) is 0 Å². The second-order valence-electron chi connectivity index (χ2n) is 4.02. The van der Waals surface area contributed by atoms with E-state index >= 15 is 0 Å². The number of nitrogens with one attached hydrogen (secondary N) is 2. The maximum atomic E-state index is 11.5. The number of carbonyl (C=O) groups excluding carboxylic acids is 1. The van der Waals surface area contributed by atoms with E-state index in [9.17, 15) is 4.79 Å². The van der Waals surface area contributed by atoms with Crippen molar-refractivity contribution in [2.24, 2.45) is 0 Å². The Balaban J connectivity index is 0.00000324. The molecule has 1 amide bonds. The third-order valence-corrected chi connectivity index (χ3v) is 3.04. The minimum Gasteiger partial charge on any atom is -0.383 e. The summed E-state index contributed by atoms with van der Waals surface area (Å²) in [4.78, 5) is 11.5. The van der Waals surface area contributed by atoms with Crippen LogP contribution in [0.5, 0.6) is 0 Å². The van der Waals surface area contributed by atoms with Gasteiger partial charge in [0.15, 0.2) is 0 Å². The van der Waals surface area contributed by atoms with Gasteiger partial charge in [0.2, 0.25) is 5.91 Å². The van der Waals surface area contributed by atoms with E-state index in [4.69, 9.17) is 4.74 Å². The Bertz CT molecular complexity index is 402. The largest absolute Gasteiger partial charge is 0.383 e. The summed E-state index contributed by atoms with van der Waals surface area (Å²) in [6, 6.07) is 6.03. The van der Waals surface area contributed by atoms with Crippen LogP contribution in [0.3, 0.4) is 0 Å². The first-order valence-electron chi connectivity index (χ1n) is 5.85. The van der Waals surface area contributed by atoms with E-state index in [-0.39, 0.29) is 18.3 Å². The summed E-state index contributed by atoms with van der Waals surface area (Å²) in [5.74, 6) is -0.00609. The molecule has 0 aliphatic heterocycles. The SMILES string of the molecule is COCCNCC(=O)NCc1ccc(Br)cc1C.Cl. The number of halogens is 2. The smallest absolute Gasteiger partial charge is 0.234 e. The highest BCUT2D eigenvalue weighted by Crippen LogP contribution is 2.15. The molecule has 0 aliphatic carbocycles. The van der Waals surface area contributed by atoms with E-state index in [1.54, 1.807) is 7.11 Å². The van der Waals surface area contributed by atoms with Crippen LogP contribution < -0.4 is 10.6 Å². The fourth-order valence-corrected chi connectivity index (χ4v) is 1.97. The van der Waals surface area contributed by atoms with Crippen molar-refractivity contribution in [1.82, 2.24) is 10.6 Å².